The number of sulfonamides is 1. The Morgan fingerprint density at radius 2 is 1.57 bits per heavy atom. The summed E-state index contributed by atoms with van der Waals surface area (Å²) in [6.07, 6.45) is 0.865. The Morgan fingerprint density at radius 3 is 2.18 bits per heavy atom. The zero-order valence-electron chi connectivity index (χ0n) is 15.1. The minimum Gasteiger partial charge on any atom is -0.319 e. The molecular formula is C21H19FN2O3S. The van der Waals surface area contributed by atoms with Crippen molar-refractivity contribution in [1.82, 2.24) is 0 Å². The van der Waals surface area contributed by atoms with Gasteiger partial charge in [-0.15, -0.1) is 0 Å². The van der Waals surface area contributed by atoms with Crippen molar-refractivity contribution in [2.75, 3.05) is 10.0 Å². The Bertz CT molecular complexity index is 1080. The van der Waals surface area contributed by atoms with E-state index in [1.807, 2.05) is 19.1 Å². The summed E-state index contributed by atoms with van der Waals surface area (Å²) < 4.78 is 41.2. The summed E-state index contributed by atoms with van der Waals surface area (Å²) >= 11 is 0. The fourth-order valence-corrected chi connectivity index (χ4v) is 3.62. The predicted molar refractivity (Wildman–Crippen MR) is 107 cm³/mol. The van der Waals surface area contributed by atoms with Gasteiger partial charge in [0.1, 0.15) is 5.82 Å². The van der Waals surface area contributed by atoms with E-state index >= 15 is 0 Å². The first-order valence-electron chi connectivity index (χ1n) is 8.67. The highest BCUT2D eigenvalue weighted by Crippen LogP contribution is 2.19. The van der Waals surface area contributed by atoms with Gasteiger partial charge in [-0.25, -0.2) is 12.8 Å². The van der Waals surface area contributed by atoms with Crippen LogP contribution in [0.5, 0.6) is 0 Å². The Hall–Kier alpha value is -3.19. The van der Waals surface area contributed by atoms with Crippen molar-refractivity contribution >= 4 is 27.3 Å². The third-order valence-electron chi connectivity index (χ3n) is 4.16. The number of nitrogens with one attached hydrogen (secondary N) is 2. The van der Waals surface area contributed by atoms with Gasteiger partial charge < -0.3 is 5.32 Å². The van der Waals surface area contributed by atoms with E-state index in [2.05, 4.69) is 10.0 Å². The molecule has 3 rings (SSSR count). The maximum absolute atomic E-state index is 13.6. The highest BCUT2D eigenvalue weighted by atomic mass is 32.2. The second kappa shape index (κ2) is 8.22. The number of amides is 1. The first-order chi connectivity index (χ1) is 13.4. The molecule has 0 radical (unpaired) electrons. The first-order valence-corrected chi connectivity index (χ1v) is 10.1. The van der Waals surface area contributed by atoms with Crippen LogP contribution < -0.4 is 10.0 Å². The third kappa shape index (κ3) is 4.55. The fourth-order valence-electron chi connectivity index (χ4n) is 2.57. The van der Waals surface area contributed by atoms with Gasteiger partial charge in [0.05, 0.1) is 10.6 Å². The summed E-state index contributed by atoms with van der Waals surface area (Å²) in [4.78, 5) is 12.3. The van der Waals surface area contributed by atoms with E-state index in [0.717, 1.165) is 12.0 Å². The van der Waals surface area contributed by atoms with Crippen LogP contribution in [0.2, 0.25) is 0 Å². The zero-order chi connectivity index (χ0) is 20.1. The van der Waals surface area contributed by atoms with Crippen molar-refractivity contribution in [2.45, 2.75) is 18.2 Å². The first kappa shape index (κ1) is 19.6. The van der Waals surface area contributed by atoms with Crippen molar-refractivity contribution in [1.29, 1.82) is 0 Å². The summed E-state index contributed by atoms with van der Waals surface area (Å²) in [5.41, 5.74) is 1.84. The quantitative estimate of drug-likeness (QED) is 0.645. The molecule has 0 saturated heterocycles. The summed E-state index contributed by atoms with van der Waals surface area (Å²) in [7, 11) is -3.78. The number of hydrogen-bond donors (Lipinski definition) is 2. The van der Waals surface area contributed by atoms with Crippen molar-refractivity contribution in [3.8, 4) is 0 Å². The molecule has 0 aliphatic heterocycles. The smallest absolute Gasteiger partial charge is 0.261 e. The number of carbonyl (C=O) groups is 1. The van der Waals surface area contributed by atoms with Gasteiger partial charge in [-0.1, -0.05) is 31.2 Å². The Balaban J connectivity index is 1.73. The summed E-state index contributed by atoms with van der Waals surface area (Å²) in [5, 5.41) is 2.46. The zero-order valence-corrected chi connectivity index (χ0v) is 16.0. The lowest BCUT2D eigenvalue weighted by atomic mass is 10.2. The molecule has 0 spiro atoms. The summed E-state index contributed by atoms with van der Waals surface area (Å²) in [6.45, 7) is 2.02. The molecule has 2 N–H and O–H groups in total. The van der Waals surface area contributed by atoms with E-state index < -0.39 is 21.7 Å². The van der Waals surface area contributed by atoms with E-state index in [9.17, 15) is 17.6 Å². The molecule has 5 nitrogen and oxygen atoms in total. The summed E-state index contributed by atoms with van der Waals surface area (Å²) in [6, 6.07) is 18.3. The van der Waals surface area contributed by atoms with Gasteiger partial charge in [-0.2, -0.15) is 0 Å². The topological polar surface area (TPSA) is 75.3 Å². The number of hydrogen-bond acceptors (Lipinski definition) is 3. The minimum absolute atomic E-state index is 0.0227. The number of carbonyl (C=O) groups excluding carboxylic acids is 1. The third-order valence-corrected chi connectivity index (χ3v) is 5.56. The SMILES string of the molecule is CCc1ccc(NS(=O)(=O)c2ccc(C(=O)Nc3ccccc3F)cc2)cc1. The molecule has 28 heavy (non-hydrogen) atoms. The number of rotatable bonds is 6. The van der Waals surface area contributed by atoms with Gasteiger partial charge in [0.2, 0.25) is 0 Å². The highest BCUT2D eigenvalue weighted by molar-refractivity contribution is 7.92. The normalized spacial score (nSPS) is 11.1. The molecule has 3 aromatic carbocycles. The number of halogens is 1. The number of benzene rings is 3. The molecule has 7 heteroatoms. The van der Waals surface area contributed by atoms with Crippen molar-refractivity contribution < 1.29 is 17.6 Å². The molecule has 3 aromatic rings. The van der Waals surface area contributed by atoms with Crippen LogP contribution in [0.4, 0.5) is 15.8 Å². The van der Waals surface area contributed by atoms with Crippen LogP contribution >= 0.6 is 0 Å². The van der Waals surface area contributed by atoms with Gasteiger partial charge in [0.25, 0.3) is 15.9 Å². The molecule has 0 aliphatic carbocycles. The predicted octanol–water partition coefficient (Wildman–Crippen LogP) is 4.44. The molecule has 0 aliphatic rings. The molecule has 144 valence electrons. The van der Waals surface area contributed by atoms with Crippen LogP contribution in [-0.4, -0.2) is 14.3 Å². The largest absolute Gasteiger partial charge is 0.319 e. The van der Waals surface area contributed by atoms with Gasteiger partial charge in [0.15, 0.2) is 0 Å². The lowest BCUT2D eigenvalue weighted by Crippen LogP contribution is -2.15. The molecule has 0 atom stereocenters. The average Bonchev–Trinajstić information content (AvgIpc) is 2.70. The van der Waals surface area contributed by atoms with Crippen molar-refractivity contribution in [3.63, 3.8) is 0 Å². The van der Waals surface area contributed by atoms with E-state index in [4.69, 9.17) is 0 Å². The Kier molecular flexibility index (Phi) is 5.75. The van der Waals surface area contributed by atoms with Gasteiger partial charge in [-0.3, -0.25) is 9.52 Å². The van der Waals surface area contributed by atoms with E-state index in [-0.39, 0.29) is 16.1 Å². The van der Waals surface area contributed by atoms with Crippen LogP contribution in [-0.2, 0) is 16.4 Å². The fraction of sp³-hybridized carbons (Fsp3) is 0.0952. The van der Waals surface area contributed by atoms with E-state index in [1.165, 1.54) is 42.5 Å². The van der Waals surface area contributed by atoms with Crippen LogP contribution in [0.3, 0.4) is 0 Å². The molecular weight excluding hydrogens is 379 g/mol. The van der Waals surface area contributed by atoms with Crippen LogP contribution in [0.25, 0.3) is 0 Å². The lowest BCUT2D eigenvalue weighted by Gasteiger charge is -2.10. The van der Waals surface area contributed by atoms with Crippen LogP contribution in [0.1, 0.15) is 22.8 Å². The maximum Gasteiger partial charge on any atom is 0.261 e. The monoisotopic (exact) mass is 398 g/mol. The molecule has 0 unspecified atom stereocenters. The second-order valence-electron chi connectivity index (χ2n) is 6.11. The van der Waals surface area contributed by atoms with Crippen LogP contribution in [0, 0.1) is 5.82 Å². The van der Waals surface area contributed by atoms with E-state index in [0.29, 0.717) is 5.69 Å². The number of aryl methyl sites for hydroxylation is 1. The number of anilines is 2. The molecule has 0 fully saturated rings. The maximum atomic E-state index is 13.6. The standard InChI is InChI=1S/C21H19FN2O3S/c1-2-15-7-11-17(12-8-15)24-28(26,27)18-13-9-16(10-14-18)21(25)23-20-6-4-3-5-19(20)22/h3-14,24H,2H2,1H3,(H,23,25). The summed E-state index contributed by atoms with van der Waals surface area (Å²) in [5.74, 6) is -1.08. The average molecular weight is 398 g/mol. The van der Waals surface area contributed by atoms with Gasteiger partial charge in [0, 0.05) is 11.3 Å². The van der Waals surface area contributed by atoms with Crippen LogP contribution in [0.15, 0.2) is 77.7 Å². The van der Waals surface area contributed by atoms with Gasteiger partial charge in [-0.05, 0) is 60.5 Å². The molecule has 0 aromatic heterocycles. The highest BCUT2D eigenvalue weighted by Gasteiger charge is 2.16. The second-order valence-corrected chi connectivity index (χ2v) is 7.80. The lowest BCUT2D eigenvalue weighted by molar-refractivity contribution is 0.102. The minimum atomic E-state index is -3.78. The molecule has 0 saturated carbocycles. The van der Waals surface area contributed by atoms with Crippen molar-refractivity contribution in [3.05, 3.63) is 89.7 Å². The van der Waals surface area contributed by atoms with Gasteiger partial charge >= 0.3 is 0 Å². The van der Waals surface area contributed by atoms with E-state index in [1.54, 1.807) is 18.2 Å². The van der Waals surface area contributed by atoms with Crippen molar-refractivity contribution in [2.24, 2.45) is 0 Å². The Labute approximate surface area is 163 Å². The molecule has 1 amide bonds. The molecule has 0 bridgehead atoms. The molecule has 0 heterocycles. The Morgan fingerprint density at radius 1 is 0.929 bits per heavy atom. The number of para-hydroxylation sites is 1.